The Balaban J connectivity index is 1.97. The van der Waals surface area contributed by atoms with Gasteiger partial charge in [-0.3, -0.25) is 0 Å². The van der Waals surface area contributed by atoms with E-state index in [-0.39, 0.29) is 18.7 Å². The highest BCUT2D eigenvalue weighted by atomic mass is 16.3. The molecule has 0 saturated heterocycles. The molecule has 0 aliphatic heterocycles. The van der Waals surface area contributed by atoms with Gasteiger partial charge in [0.25, 0.3) is 0 Å². The van der Waals surface area contributed by atoms with E-state index in [1.165, 1.54) is 26.9 Å². The summed E-state index contributed by atoms with van der Waals surface area (Å²) in [5, 5.41) is 13.2. The molecule has 1 aromatic carbocycles. The molecule has 0 fully saturated rings. The zero-order valence-electron chi connectivity index (χ0n) is 13.5. The minimum atomic E-state index is -0.180. The summed E-state index contributed by atoms with van der Waals surface area (Å²) in [5.41, 5.74) is 3.71. The van der Waals surface area contributed by atoms with E-state index >= 15 is 0 Å². The van der Waals surface area contributed by atoms with Crippen LogP contribution in [0, 0.1) is 0 Å². The van der Waals surface area contributed by atoms with Crippen LogP contribution in [0.4, 0.5) is 4.79 Å². The van der Waals surface area contributed by atoms with Gasteiger partial charge in [-0.2, -0.15) is 0 Å². The Morgan fingerprint density at radius 3 is 2.86 bits per heavy atom. The third kappa shape index (κ3) is 3.42. The molecule has 1 aromatic heterocycles. The predicted octanol–water partition coefficient (Wildman–Crippen LogP) is 2.29. The number of likely N-dealkylation sites (N-methyl/N-ethyl adjacent to an activating group) is 1. The Kier molecular flexibility index (Phi) is 5.44. The third-order valence-electron chi connectivity index (χ3n) is 4.18. The van der Waals surface area contributed by atoms with Crippen LogP contribution < -0.4 is 5.32 Å². The first kappa shape index (κ1) is 16.4. The number of para-hydroxylation sites is 1. The Morgan fingerprint density at radius 1 is 1.41 bits per heavy atom. The Hall–Kier alpha value is -2.01. The van der Waals surface area contributed by atoms with Crippen LogP contribution in [0.15, 0.2) is 24.4 Å². The Bertz CT molecular complexity index is 636. The maximum Gasteiger partial charge on any atom is 0.317 e. The second-order valence-electron chi connectivity index (χ2n) is 5.63. The van der Waals surface area contributed by atoms with Gasteiger partial charge in [0.15, 0.2) is 0 Å². The molecule has 3 N–H and O–H groups in total. The molecule has 0 spiro atoms. The largest absolute Gasteiger partial charge is 0.394 e. The highest BCUT2D eigenvalue weighted by Gasteiger charge is 2.14. The summed E-state index contributed by atoms with van der Waals surface area (Å²) in [4.78, 5) is 16.8. The fourth-order valence-electron chi connectivity index (χ4n) is 2.53. The van der Waals surface area contributed by atoms with Crippen LogP contribution in [0.25, 0.3) is 10.9 Å². The maximum absolute atomic E-state index is 11.9. The minimum Gasteiger partial charge on any atom is -0.394 e. The number of rotatable bonds is 6. The molecule has 5 heteroatoms. The summed E-state index contributed by atoms with van der Waals surface area (Å²) in [6.07, 6.45) is 3.80. The SMILES string of the molecule is CCc1cccc2c(CCNC(=O)N(C)C(C)CO)c[nH]c12. The van der Waals surface area contributed by atoms with Crippen molar-refractivity contribution in [2.45, 2.75) is 32.7 Å². The number of carbonyl (C=O) groups is 1. The number of aromatic nitrogens is 1. The molecule has 0 aliphatic carbocycles. The number of carbonyl (C=O) groups excluding carboxylic acids is 1. The summed E-state index contributed by atoms with van der Waals surface area (Å²) in [7, 11) is 1.69. The molecular formula is C17H25N3O2. The van der Waals surface area contributed by atoms with E-state index in [0.717, 1.165) is 12.8 Å². The van der Waals surface area contributed by atoms with Gasteiger partial charge in [0.1, 0.15) is 0 Å². The third-order valence-corrected chi connectivity index (χ3v) is 4.18. The number of nitrogens with one attached hydrogen (secondary N) is 2. The molecule has 1 atom stereocenters. The Labute approximate surface area is 131 Å². The second-order valence-corrected chi connectivity index (χ2v) is 5.63. The van der Waals surface area contributed by atoms with Gasteiger partial charge in [0.05, 0.1) is 12.6 Å². The van der Waals surface area contributed by atoms with Crippen LogP contribution >= 0.6 is 0 Å². The number of urea groups is 1. The van der Waals surface area contributed by atoms with Gasteiger partial charge in [-0.15, -0.1) is 0 Å². The summed E-state index contributed by atoms with van der Waals surface area (Å²) in [5.74, 6) is 0. The van der Waals surface area contributed by atoms with Crippen LogP contribution in [0.3, 0.4) is 0 Å². The molecular weight excluding hydrogens is 278 g/mol. The molecule has 0 aliphatic rings. The van der Waals surface area contributed by atoms with Gasteiger partial charge in [-0.05, 0) is 30.9 Å². The first-order valence-corrected chi connectivity index (χ1v) is 7.77. The first-order valence-electron chi connectivity index (χ1n) is 7.77. The van der Waals surface area contributed by atoms with Gasteiger partial charge in [0.2, 0.25) is 0 Å². The maximum atomic E-state index is 11.9. The number of benzene rings is 1. The van der Waals surface area contributed by atoms with Gasteiger partial charge in [-0.25, -0.2) is 4.79 Å². The van der Waals surface area contributed by atoms with Crippen molar-refractivity contribution in [3.63, 3.8) is 0 Å². The number of aromatic amines is 1. The fraction of sp³-hybridized carbons (Fsp3) is 0.471. The number of aliphatic hydroxyl groups is 1. The molecule has 0 bridgehead atoms. The average Bonchev–Trinajstić information content (AvgIpc) is 2.96. The van der Waals surface area contributed by atoms with E-state index in [0.29, 0.717) is 6.54 Å². The van der Waals surface area contributed by atoms with Crippen LogP contribution in [0.2, 0.25) is 0 Å². The summed E-state index contributed by atoms with van der Waals surface area (Å²) >= 11 is 0. The predicted molar refractivity (Wildman–Crippen MR) is 89.1 cm³/mol. The summed E-state index contributed by atoms with van der Waals surface area (Å²) in [6, 6.07) is 5.99. The lowest BCUT2D eigenvalue weighted by atomic mass is 10.1. The number of amides is 2. The van der Waals surface area contributed by atoms with E-state index < -0.39 is 0 Å². The van der Waals surface area contributed by atoms with E-state index in [2.05, 4.69) is 35.4 Å². The quantitative estimate of drug-likeness (QED) is 0.766. The number of hydrogen-bond acceptors (Lipinski definition) is 2. The number of H-pyrrole nitrogens is 1. The molecule has 1 unspecified atom stereocenters. The van der Waals surface area contributed by atoms with Gasteiger partial charge < -0.3 is 20.3 Å². The van der Waals surface area contributed by atoms with E-state index in [1.54, 1.807) is 7.05 Å². The molecule has 2 rings (SSSR count). The van der Waals surface area contributed by atoms with Crippen molar-refractivity contribution in [1.29, 1.82) is 0 Å². The average molecular weight is 303 g/mol. The standard InChI is InChI=1S/C17H25N3O2/c1-4-13-6-5-7-15-14(10-19-16(13)15)8-9-18-17(22)20(3)12(2)11-21/h5-7,10,12,19,21H,4,8-9,11H2,1-3H3,(H,18,22). The number of aryl methyl sites for hydroxylation is 1. The van der Waals surface area contributed by atoms with Gasteiger partial charge >= 0.3 is 6.03 Å². The first-order chi connectivity index (χ1) is 10.6. The number of hydrogen-bond donors (Lipinski definition) is 3. The van der Waals surface area contributed by atoms with Crippen LogP contribution in [0.5, 0.6) is 0 Å². The van der Waals surface area contributed by atoms with Crippen molar-refractivity contribution in [1.82, 2.24) is 15.2 Å². The summed E-state index contributed by atoms with van der Waals surface area (Å²) < 4.78 is 0. The van der Waals surface area contributed by atoms with E-state index in [4.69, 9.17) is 5.11 Å². The number of aliphatic hydroxyl groups excluding tert-OH is 1. The molecule has 0 radical (unpaired) electrons. The van der Waals surface area contributed by atoms with E-state index in [1.807, 2.05) is 13.1 Å². The molecule has 2 amide bonds. The normalized spacial score (nSPS) is 12.4. The Morgan fingerprint density at radius 2 is 2.18 bits per heavy atom. The topological polar surface area (TPSA) is 68.4 Å². The van der Waals surface area contributed by atoms with Gasteiger partial charge in [0, 0.05) is 30.7 Å². The lowest BCUT2D eigenvalue weighted by Gasteiger charge is -2.23. The second kappa shape index (κ2) is 7.31. The smallest absolute Gasteiger partial charge is 0.317 e. The highest BCUT2D eigenvalue weighted by Crippen LogP contribution is 2.22. The number of fused-ring (bicyclic) bond motifs is 1. The molecule has 5 nitrogen and oxygen atoms in total. The molecule has 0 saturated carbocycles. The lowest BCUT2D eigenvalue weighted by Crippen LogP contribution is -2.44. The fourth-order valence-corrected chi connectivity index (χ4v) is 2.53. The van der Waals surface area contributed by atoms with Gasteiger partial charge in [-0.1, -0.05) is 25.1 Å². The molecule has 2 aromatic rings. The number of nitrogens with zero attached hydrogens (tertiary/aromatic N) is 1. The van der Waals surface area contributed by atoms with E-state index in [9.17, 15) is 4.79 Å². The van der Waals surface area contributed by atoms with Crippen LogP contribution in [0.1, 0.15) is 25.0 Å². The summed E-state index contributed by atoms with van der Waals surface area (Å²) in [6.45, 7) is 4.50. The van der Waals surface area contributed by atoms with Crippen LogP contribution in [-0.2, 0) is 12.8 Å². The monoisotopic (exact) mass is 303 g/mol. The van der Waals surface area contributed by atoms with Crippen LogP contribution in [-0.4, -0.2) is 47.3 Å². The zero-order valence-corrected chi connectivity index (χ0v) is 13.5. The van der Waals surface area contributed by atoms with Crippen molar-refractivity contribution in [3.8, 4) is 0 Å². The zero-order chi connectivity index (χ0) is 16.1. The van der Waals surface area contributed by atoms with Crippen molar-refractivity contribution in [2.75, 3.05) is 20.2 Å². The molecule has 22 heavy (non-hydrogen) atoms. The van der Waals surface area contributed by atoms with Crippen molar-refractivity contribution >= 4 is 16.9 Å². The van der Waals surface area contributed by atoms with Crippen molar-refractivity contribution < 1.29 is 9.90 Å². The van der Waals surface area contributed by atoms with Crippen molar-refractivity contribution in [3.05, 3.63) is 35.5 Å². The highest BCUT2D eigenvalue weighted by molar-refractivity contribution is 5.86. The molecule has 120 valence electrons. The molecule has 1 heterocycles. The minimum absolute atomic E-state index is 0.0356. The van der Waals surface area contributed by atoms with Crippen molar-refractivity contribution in [2.24, 2.45) is 0 Å². The lowest BCUT2D eigenvalue weighted by molar-refractivity contribution is 0.157.